The normalized spacial score (nSPS) is 13.9. The lowest BCUT2D eigenvalue weighted by atomic mass is 10.0. The number of anilines is 1. The number of nitrogens with zero attached hydrogens (tertiary/aromatic N) is 3. The highest BCUT2D eigenvalue weighted by atomic mass is 16.1. The van der Waals surface area contributed by atoms with Gasteiger partial charge in [0.2, 0.25) is 0 Å². The van der Waals surface area contributed by atoms with E-state index in [0.717, 1.165) is 25.1 Å². The monoisotopic (exact) mass is 321 g/mol. The number of nitrogens with one attached hydrogen (secondary N) is 2. The van der Waals surface area contributed by atoms with Crippen LogP contribution in [-0.2, 0) is 13.0 Å². The quantitative estimate of drug-likeness (QED) is 0.846. The standard InChI is InChI=1S/C18H19N5O/c1-3-14(19)15-5-4-6-17(21-15)22-18(24)16-9-13-11-23(2)8-7-12(13)10-20-16/h3-6,9-10,19H,1,7-8,11H2,2H3,(H,21,22,24). The lowest BCUT2D eigenvalue weighted by Gasteiger charge is -2.24. The largest absolute Gasteiger partial charge is 0.305 e. The van der Waals surface area contributed by atoms with Crippen molar-refractivity contribution in [3.05, 3.63) is 65.6 Å². The molecule has 1 aliphatic rings. The summed E-state index contributed by atoms with van der Waals surface area (Å²) in [6.07, 6.45) is 4.15. The Hall–Kier alpha value is -2.86. The van der Waals surface area contributed by atoms with Crippen molar-refractivity contribution in [2.24, 2.45) is 0 Å². The summed E-state index contributed by atoms with van der Waals surface area (Å²) < 4.78 is 0. The number of aromatic nitrogens is 2. The summed E-state index contributed by atoms with van der Waals surface area (Å²) in [5.41, 5.74) is 3.38. The third-order valence-electron chi connectivity index (χ3n) is 3.99. The zero-order valence-corrected chi connectivity index (χ0v) is 13.5. The van der Waals surface area contributed by atoms with Crippen LogP contribution in [0.15, 0.2) is 43.1 Å². The Morgan fingerprint density at radius 3 is 3.00 bits per heavy atom. The molecule has 2 N–H and O–H groups in total. The van der Waals surface area contributed by atoms with E-state index >= 15 is 0 Å². The summed E-state index contributed by atoms with van der Waals surface area (Å²) in [7, 11) is 2.06. The average Bonchev–Trinajstić information content (AvgIpc) is 2.60. The van der Waals surface area contributed by atoms with Crippen LogP contribution in [0.2, 0.25) is 0 Å². The number of carbonyl (C=O) groups is 1. The van der Waals surface area contributed by atoms with E-state index in [2.05, 4.69) is 33.8 Å². The molecule has 0 saturated heterocycles. The maximum atomic E-state index is 12.4. The van der Waals surface area contributed by atoms with Crippen molar-refractivity contribution in [2.45, 2.75) is 13.0 Å². The molecule has 0 aliphatic carbocycles. The molecule has 1 aliphatic heterocycles. The second-order valence-electron chi connectivity index (χ2n) is 5.81. The molecular weight excluding hydrogens is 302 g/mol. The minimum Gasteiger partial charge on any atom is -0.305 e. The first-order valence-electron chi connectivity index (χ1n) is 7.73. The van der Waals surface area contributed by atoms with Crippen molar-refractivity contribution in [3.8, 4) is 0 Å². The van der Waals surface area contributed by atoms with Gasteiger partial charge in [0.1, 0.15) is 11.5 Å². The zero-order valence-electron chi connectivity index (χ0n) is 13.5. The van der Waals surface area contributed by atoms with E-state index in [4.69, 9.17) is 5.41 Å². The number of rotatable bonds is 4. The van der Waals surface area contributed by atoms with E-state index in [-0.39, 0.29) is 11.6 Å². The number of carbonyl (C=O) groups excluding carboxylic acids is 1. The van der Waals surface area contributed by atoms with Crippen LogP contribution in [0.3, 0.4) is 0 Å². The molecule has 2 aromatic heterocycles. The van der Waals surface area contributed by atoms with E-state index < -0.39 is 0 Å². The Morgan fingerprint density at radius 2 is 2.21 bits per heavy atom. The molecule has 122 valence electrons. The van der Waals surface area contributed by atoms with Crippen LogP contribution in [0.25, 0.3) is 0 Å². The number of pyridine rings is 2. The molecule has 6 nitrogen and oxygen atoms in total. The molecule has 0 unspecified atom stereocenters. The van der Waals surface area contributed by atoms with Gasteiger partial charge in [-0.2, -0.15) is 0 Å². The number of amides is 1. The van der Waals surface area contributed by atoms with Crippen LogP contribution in [0, 0.1) is 5.41 Å². The predicted molar refractivity (Wildman–Crippen MR) is 93.5 cm³/mol. The van der Waals surface area contributed by atoms with Crippen molar-refractivity contribution in [3.63, 3.8) is 0 Å². The van der Waals surface area contributed by atoms with Gasteiger partial charge in [-0.1, -0.05) is 12.6 Å². The third-order valence-corrected chi connectivity index (χ3v) is 3.99. The van der Waals surface area contributed by atoms with Crippen LogP contribution in [-0.4, -0.2) is 40.1 Å². The van der Waals surface area contributed by atoms with Crippen LogP contribution in [0.1, 0.15) is 27.3 Å². The molecule has 0 radical (unpaired) electrons. The van der Waals surface area contributed by atoms with Crippen molar-refractivity contribution in [1.82, 2.24) is 14.9 Å². The molecule has 3 rings (SSSR count). The maximum absolute atomic E-state index is 12.4. The molecule has 3 heterocycles. The van der Waals surface area contributed by atoms with Crippen molar-refractivity contribution in [2.75, 3.05) is 18.9 Å². The van der Waals surface area contributed by atoms with Gasteiger partial charge in [0.15, 0.2) is 0 Å². The minimum absolute atomic E-state index is 0.209. The van der Waals surface area contributed by atoms with Crippen LogP contribution >= 0.6 is 0 Å². The van der Waals surface area contributed by atoms with Crippen LogP contribution < -0.4 is 5.32 Å². The highest BCUT2D eigenvalue weighted by Crippen LogP contribution is 2.18. The van der Waals surface area contributed by atoms with E-state index in [1.165, 1.54) is 11.6 Å². The fraction of sp³-hybridized carbons (Fsp3) is 0.222. The molecule has 0 atom stereocenters. The minimum atomic E-state index is -0.305. The summed E-state index contributed by atoms with van der Waals surface area (Å²) in [5, 5.41) is 10.5. The Balaban J connectivity index is 1.79. The first-order chi connectivity index (χ1) is 11.6. The van der Waals surface area contributed by atoms with E-state index in [1.54, 1.807) is 24.4 Å². The second-order valence-corrected chi connectivity index (χ2v) is 5.81. The highest BCUT2D eigenvalue weighted by Gasteiger charge is 2.17. The number of hydrogen-bond acceptors (Lipinski definition) is 5. The van der Waals surface area contributed by atoms with Gasteiger partial charge in [-0.05, 0) is 48.9 Å². The predicted octanol–water partition coefficient (Wildman–Crippen LogP) is 2.27. The summed E-state index contributed by atoms with van der Waals surface area (Å²) in [4.78, 5) is 23.2. The van der Waals surface area contributed by atoms with Crippen LogP contribution in [0.4, 0.5) is 5.82 Å². The summed E-state index contributed by atoms with van der Waals surface area (Å²) in [6, 6.07) is 6.97. The van der Waals surface area contributed by atoms with Gasteiger partial charge in [0, 0.05) is 19.3 Å². The van der Waals surface area contributed by atoms with Crippen LogP contribution in [0.5, 0.6) is 0 Å². The van der Waals surface area contributed by atoms with E-state index in [0.29, 0.717) is 17.2 Å². The first-order valence-corrected chi connectivity index (χ1v) is 7.73. The Morgan fingerprint density at radius 1 is 1.38 bits per heavy atom. The smallest absolute Gasteiger partial charge is 0.275 e. The summed E-state index contributed by atoms with van der Waals surface area (Å²) >= 11 is 0. The van der Waals surface area contributed by atoms with Crippen molar-refractivity contribution < 1.29 is 4.79 Å². The molecule has 1 amide bonds. The maximum Gasteiger partial charge on any atom is 0.275 e. The topological polar surface area (TPSA) is 82.0 Å². The number of likely N-dealkylation sites (N-methyl/N-ethyl adjacent to an activating group) is 1. The van der Waals surface area contributed by atoms with Crippen molar-refractivity contribution >= 4 is 17.4 Å². The number of allylic oxidation sites excluding steroid dienone is 1. The lowest BCUT2D eigenvalue weighted by Crippen LogP contribution is -2.27. The third kappa shape index (κ3) is 3.38. The molecule has 0 spiro atoms. The summed E-state index contributed by atoms with van der Waals surface area (Å²) in [6.45, 7) is 5.38. The van der Waals surface area contributed by atoms with Gasteiger partial charge in [0.05, 0.1) is 11.4 Å². The molecule has 0 saturated carbocycles. The van der Waals surface area contributed by atoms with Gasteiger partial charge in [-0.3, -0.25) is 15.2 Å². The van der Waals surface area contributed by atoms with Crippen molar-refractivity contribution in [1.29, 1.82) is 5.41 Å². The molecule has 6 heteroatoms. The van der Waals surface area contributed by atoms with Gasteiger partial charge < -0.3 is 10.2 Å². The molecule has 24 heavy (non-hydrogen) atoms. The molecule has 2 aromatic rings. The second kappa shape index (κ2) is 6.72. The Bertz CT molecular complexity index is 815. The lowest BCUT2D eigenvalue weighted by molar-refractivity contribution is 0.102. The summed E-state index contributed by atoms with van der Waals surface area (Å²) in [5.74, 6) is 0.0848. The average molecular weight is 321 g/mol. The molecule has 0 fully saturated rings. The van der Waals surface area contributed by atoms with Gasteiger partial charge in [-0.25, -0.2) is 4.98 Å². The fourth-order valence-corrected chi connectivity index (χ4v) is 2.64. The SMILES string of the molecule is C=CC(=N)c1cccc(NC(=O)c2cc3c(cn2)CCN(C)C3)n1. The fourth-order valence-electron chi connectivity index (χ4n) is 2.64. The highest BCUT2D eigenvalue weighted by molar-refractivity contribution is 6.06. The molecular formula is C18H19N5O. The first kappa shape index (κ1) is 16.0. The Labute approximate surface area is 140 Å². The van der Waals surface area contributed by atoms with E-state index in [9.17, 15) is 4.79 Å². The Kier molecular flexibility index (Phi) is 4.48. The number of fused-ring (bicyclic) bond motifs is 1. The molecule has 0 bridgehead atoms. The molecule has 0 aromatic carbocycles. The van der Waals surface area contributed by atoms with Gasteiger partial charge >= 0.3 is 0 Å². The number of hydrogen-bond donors (Lipinski definition) is 2. The van der Waals surface area contributed by atoms with Gasteiger partial charge in [0.25, 0.3) is 5.91 Å². The zero-order chi connectivity index (χ0) is 17.1. The van der Waals surface area contributed by atoms with Gasteiger partial charge in [-0.15, -0.1) is 0 Å². The van der Waals surface area contributed by atoms with E-state index in [1.807, 2.05) is 6.07 Å².